The highest BCUT2D eigenvalue weighted by atomic mass is 16.4. The molecule has 0 aliphatic heterocycles. The van der Waals surface area contributed by atoms with Gasteiger partial charge >= 0.3 is 5.97 Å². The molecule has 0 aliphatic rings. The smallest absolute Gasteiger partial charge is 0.326 e. The Balaban J connectivity index is 2.80. The van der Waals surface area contributed by atoms with Gasteiger partial charge in [0.2, 0.25) is 5.91 Å². The van der Waals surface area contributed by atoms with Crippen LogP contribution < -0.4 is 11.1 Å². The van der Waals surface area contributed by atoms with E-state index in [-0.39, 0.29) is 12.8 Å². The molecule has 1 aromatic rings. The Morgan fingerprint density at radius 1 is 1.30 bits per heavy atom. The summed E-state index contributed by atoms with van der Waals surface area (Å²) in [6.45, 7) is 1.91. The summed E-state index contributed by atoms with van der Waals surface area (Å²) < 4.78 is 0. The lowest BCUT2D eigenvalue weighted by atomic mass is 10.0. The van der Waals surface area contributed by atoms with E-state index >= 15 is 0 Å². The molecule has 6 heteroatoms. The lowest BCUT2D eigenvalue weighted by Gasteiger charge is -2.15. The van der Waals surface area contributed by atoms with Gasteiger partial charge in [0.05, 0.1) is 0 Å². The molecule has 0 fully saturated rings. The number of carboxylic acids is 1. The Morgan fingerprint density at radius 2 is 1.95 bits per heavy atom. The molecule has 2 amide bonds. The van der Waals surface area contributed by atoms with Gasteiger partial charge in [-0.15, -0.1) is 0 Å². The predicted octanol–water partition coefficient (Wildman–Crippen LogP) is 0.697. The summed E-state index contributed by atoms with van der Waals surface area (Å²) in [5, 5.41) is 11.5. The molecule has 0 aromatic heterocycles. The fourth-order valence-corrected chi connectivity index (χ4v) is 1.83. The standard InChI is InChI=1S/C14H18N2O4/c1-2-9-5-3-4-6-10(9)13(18)16-11(14(19)20)7-8-12(15)17/h3-6,11H,2,7-8H2,1H3,(H2,15,17)(H,16,18)(H,19,20)/t11-/m0/s1. The zero-order chi connectivity index (χ0) is 15.1. The summed E-state index contributed by atoms with van der Waals surface area (Å²) >= 11 is 0. The molecule has 0 unspecified atom stereocenters. The van der Waals surface area contributed by atoms with Crippen molar-refractivity contribution in [3.05, 3.63) is 35.4 Å². The highest BCUT2D eigenvalue weighted by molar-refractivity contribution is 5.97. The van der Waals surface area contributed by atoms with Gasteiger partial charge in [-0.2, -0.15) is 0 Å². The van der Waals surface area contributed by atoms with Crippen molar-refractivity contribution in [2.45, 2.75) is 32.2 Å². The number of carbonyl (C=O) groups is 3. The summed E-state index contributed by atoms with van der Waals surface area (Å²) in [5.74, 6) is -2.24. The molecule has 0 bridgehead atoms. The summed E-state index contributed by atoms with van der Waals surface area (Å²) in [5.41, 5.74) is 6.27. The maximum absolute atomic E-state index is 12.1. The number of benzene rings is 1. The fraction of sp³-hybridized carbons (Fsp3) is 0.357. The van der Waals surface area contributed by atoms with Crippen molar-refractivity contribution in [1.82, 2.24) is 5.32 Å². The molecular formula is C14H18N2O4. The van der Waals surface area contributed by atoms with Crippen molar-refractivity contribution < 1.29 is 19.5 Å². The lowest BCUT2D eigenvalue weighted by Crippen LogP contribution is -2.41. The molecule has 4 N–H and O–H groups in total. The Morgan fingerprint density at radius 3 is 2.50 bits per heavy atom. The van der Waals surface area contributed by atoms with Crippen molar-refractivity contribution >= 4 is 17.8 Å². The van der Waals surface area contributed by atoms with Gasteiger partial charge < -0.3 is 16.2 Å². The van der Waals surface area contributed by atoms with Gasteiger partial charge in [0.25, 0.3) is 5.91 Å². The fourth-order valence-electron chi connectivity index (χ4n) is 1.83. The Kier molecular flexibility index (Phi) is 5.71. The summed E-state index contributed by atoms with van der Waals surface area (Å²) in [6, 6.07) is 5.86. The van der Waals surface area contributed by atoms with E-state index in [1.54, 1.807) is 12.1 Å². The van der Waals surface area contributed by atoms with Gasteiger partial charge in [0.15, 0.2) is 0 Å². The Bertz CT molecular complexity index is 514. The molecule has 0 radical (unpaired) electrons. The van der Waals surface area contributed by atoms with E-state index in [9.17, 15) is 14.4 Å². The number of hydrogen-bond donors (Lipinski definition) is 3. The first-order valence-electron chi connectivity index (χ1n) is 6.35. The number of carboxylic acid groups (broad SMARTS) is 1. The summed E-state index contributed by atoms with van der Waals surface area (Å²) in [7, 11) is 0. The average molecular weight is 278 g/mol. The van der Waals surface area contributed by atoms with Crippen LogP contribution in [0.4, 0.5) is 0 Å². The first kappa shape index (κ1) is 15.7. The van der Waals surface area contributed by atoms with E-state index in [1.807, 2.05) is 19.1 Å². The highest BCUT2D eigenvalue weighted by Crippen LogP contribution is 2.10. The van der Waals surface area contributed by atoms with E-state index in [2.05, 4.69) is 5.32 Å². The largest absolute Gasteiger partial charge is 0.480 e. The maximum atomic E-state index is 12.1. The number of hydrogen-bond acceptors (Lipinski definition) is 3. The van der Waals surface area contributed by atoms with E-state index < -0.39 is 23.8 Å². The van der Waals surface area contributed by atoms with Crippen molar-refractivity contribution in [3.63, 3.8) is 0 Å². The van der Waals surface area contributed by atoms with Gasteiger partial charge in [0, 0.05) is 12.0 Å². The van der Waals surface area contributed by atoms with Crippen LogP contribution in [0.5, 0.6) is 0 Å². The second-order valence-electron chi connectivity index (χ2n) is 4.38. The Hall–Kier alpha value is -2.37. The number of amides is 2. The van der Waals surface area contributed by atoms with Gasteiger partial charge in [-0.05, 0) is 24.5 Å². The Labute approximate surface area is 117 Å². The number of primary amides is 1. The molecule has 0 aliphatic carbocycles. The molecule has 1 rings (SSSR count). The van der Waals surface area contributed by atoms with Gasteiger partial charge in [-0.1, -0.05) is 25.1 Å². The first-order valence-corrected chi connectivity index (χ1v) is 6.35. The SMILES string of the molecule is CCc1ccccc1C(=O)N[C@@H](CCC(N)=O)C(=O)O. The molecule has 6 nitrogen and oxygen atoms in total. The van der Waals surface area contributed by atoms with Gasteiger partial charge in [-0.25, -0.2) is 4.79 Å². The number of rotatable bonds is 7. The number of carbonyl (C=O) groups excluding carboxylic acids is 2. The van der Waals surface area contributed by atoms with Crippen LogP contribution in [0.1, 0.15) is 35.7 Å². The first-order chi connectivity index (χ1) is 9.45. The van der Waals surface area contributed by atoms with Crippen LogP contribution >= 0.6 is 0 Å². The highest BCUT2D eigenvalue weighted by Gasteiger charge is 2.22. The molecule has 0 saturated heterocycles. The van der Waals surface area contributed by atoms with Gasteiger partial charge in [0.1, 0.15) is 6.04 Å². The third-order valence-electron chi connectivity index (χ3n) is 2.93. The molecule has 1 atom stereocenters. The van der Waals surface area contributed by atoms with E-state index in [0.29, 0.717) is 12.0 Å². The minimum Gasteiger partial charge on any atom is -0.480 e. The quantitative estimate of drug-likeness (QED) is 0.681. The van der Waals surface area contributed by atoms with Crippen LogP contribution in [-0.2, 0) is 16.0 Å². The summed E-state index contributed by atoms with van der Waals surface area (Å²) in [4.78, 5) is 33.9. The molecule has 108 valence electrons. The molecule has 20 heavy (non-hydrogen) atoms. The molecule has 0 heterocycles. The van der Waals surface area contributed by atoms with Crippen LogP contribution in [-0.4, -0.2) is 28.9 Å². The zero-order valence-electron chi connectivity index (χ0n) is 11.3. The van der Waals surface area contributed by atoms with Crippen molar-refractivity contribution in [1.29, 1.82) is 0 Å². The second kappa shape index (κ2) is 7.28. The number of nitrogens with two attached hydrogens (primary N) is 1. The van der Waals surface area contributed by atoms with Crippen LogP contribution in [0.25, 0.3) is 0 Å². The minimum absolute atomic E-state index is 0.0231. The third-order valence-corrected chi connectivity index (χ3v) is 2.93. The summed E-state index contributed by atoms with van der Waals surface area (Å²) in [6.07, 6.45) is 0.556. The average Bonchev–Trinajstić information content (AvgIpc) is 2.42. The lowest BCUT2D eigenvalue weighted by molar-refractivity contribution is -0.139. The zero-order valence-corrected chi connectivity index (χ0v) is 11.3. The van der Waals surface area contributed by atoms with Crippen LogP contribution in [0.2, 0.25) is 0 Å². The normalized spacial score (nSPS) is 11.7. The monoisotopic (exact) mass is 278 g/mol. The van der Waals surface area contributed by atoms with Gasteiger partial charge in [-0.3, -0.25) is 9.59 Å². The predicted molar refractivity (Wildman–Crippen MR) is 73.1 cm³/mol. The van der Waals surface area contributed by atoms with E-state index in [1.165, 1.54) is 0 Å². The van der Waals surface area contributed by atoms with Crippen molar-refractivity contribution in [3.8, 4) is 0 Å². The van der Waals surface area contributed by atoms with Crippen LogP contribution in [0.15, 0.2) is 24.3 Å². The van der Waals surface area contributed by atoms with E-state index in [4.69, 9.17) is 10.8 Å². The number of aryl methyl sites for hydroxylation is 1. The number of nitrogens with one attached hydrogen (secondary N) is 1. The second-order valence-corrected chi connectivity index (χ2v) is 4.38. The third kappa shape index (κ3) is 4.38. The van der Waals surface area contributed by atoms with Crippen LogP contribution in [0.3, 0.4) is 0 Å². The molecular weight excluding hydrogens is 260 g/mol. The molecule has 0 saturated carbocycles. The maximum Gasteiger partial charge on any atom is 0.326 e. The molecule has 1 aromatic carbocycles. The number of aliphatic carboxylic acids is 1. The van der Waals surface area contributed by atoms with Crippen molar-refractivity contribution in [2.24, 2.45) is 5.73 Å². The minimum atomic E-state index is -1.19. The topological polar surface area (TPSA) is 109 Å². The van der Waals surface area contributed by atoms with E-state index in [0.717, 1.165) is 5.56 Å². The van der Waals surface area contributed by atoms with Crippen LogP contribution in [0, 0.1) is 0 Å². The molecule has 0 spiro atoms. The van der Waals surface area contributed by atoms with Crippen molar-refractivity contribution in [2.75, 3.05) is 0 Å².